The van der Waals surface area contributed by atoms with E-state index in [2.05, 4.69) is 19.9 Å². The summed E-state index contributed by atoms with van der Waals surface area (Å²) in [4.78, 5) is 33.5. The van der Waals surface area contributed by atoms with Crippen molar-refractivity contribution in [2.75, 3.05) is 0 Å². The van der Waals surface area contributed by atoms with Gasteiger partial charge in [0.2, 0.25) is 0 Å². The van der Waals surface area contributed by atoms with Crippen LogP contribution in [0.25, 0.3) is 11.2 Å². The van der Waals surface area contributed by atoms with Gasteiger partial charge < -0.3 is 0 Å². The molecule has 1 aromatic carbocycles. The third-order valence-corrected chi connectivity index (χ3v) is 3.62. The molecule has 96 valence electrons. The van der Waals surface area contributed by atoms with Crippen molar-refractivity contribution >= 4 is 22.9 Å². The van der Waals surface area contributed by atoms with Crippen molar-refractivity contribution in [1.29, 1.82) is 0 Å². The molecule has 0 radical (unpaired) electrons. The molecule has 3 aromatic rings. The van der Waals surface area contributed by atoms with Crippen molar-refractivity contribution in [2.24, 2.45) is 0 Å². The molecule has 7 heteroatoms. The lowest BCUT2D eigenvalue weighted by Gasteiger charge is -1.98. The van der Waals surface area contributed by atoms with Gasteiger partial charge in [-0.1, -0.05) is 42.1 Å². The minimum Gasteiger partial charge on any atom is -0.283 e. The van der Waals surface area contributed by atoms with Gasteiger partial charge >= 0.3 is 11.2 Å². The number of hydrogen-bond donors (Lipinski definition) is 3. The molecule has 0 bridgehead atoms. The summed E-state index contributed by atoms with van der Waals surface area (Å²) < 4.78 is 0. The number of aromatic amines is 4. The Morgan fingerprint density at radius 1 is 1.05 bits per heavy atom. The monoisotopic (exact) mass is 275 g/mol. The van der Waals surface area contributed by atoms with Crippen LogP contribution in [0.15, 0.2) is 45.1 Å². The molecule has 0 amide bonds. The number of nitrogens with one attached hydrogen (secondary N) is 4. The zero-order chi connectivity index (χ0) is 13.2. The van der Waals surface area contributed by atoms with Gasteiger partial charge in [-0.2, -0.15) is 0 Å². The molecule has 0 aliphatic carbocycles. The fourth-order valence-corrected chi connectivity index (χ4v) is 2.60. The van der Waals surface area contributed by atoms with E-state index in [1.165, 1.54) is 11.8 Å². The van der Waals surface area contributed by atoms with E-state index in [9.17, 15) is 9.59 Å². The molecule has 0 saturated heterocycles. The van der Waals surface area contributed by atoms with E-state index < -0.39 is 5.69 Å². The van der Waals surface area contributed by atoms with Crippen molar-refractivity contribution in [3.8, 4) is 0 Å². The zero-order valence-electron chi connectivity index (χ0n) is 9.82. The van der Waals surface area contributed by atoms with Gasteiger partial charge in [-0.15, -0.1) is 0 Å². The van der Waals surface area contributed by atoms with Crippen LogP contribution >= 0.6 is 11.8 Å². The maximum atomic E-state index is 11.7. The highest BCUT2D eigenvalue weighted by Crippen LogP contribution is 2.16. The van der Waals surface area contributed by atoms with E-state index in [4.69, 9.17) is 0 Å². The summed E-state index contributed by atoms with van der Waals surface area (Å²) in [5.41, 5.74) is 1.08. The van der Waals surface area contributed by atoms with Crippen LogP contribution < -0.4 is 16.2 Å². The van der Waals surface area contributed by atoms with Crippen molar-refractivity contribution in [2.45, 2.75) is 10.9 Å². The Balaban J connectivity index is 1.89. The molecule has 3 rings (SSSR count). The summed E-state index contributed by atoms with van der Waals surface area (Å²) in [6.07, 6.45) is 0. The van der Waals surface area contributed by atoms with Crippen molar-refractivity contribution in [3.05, 3.63) is 56.7 Å². The van der Waals surface area contributed by atoms with E-state index >= 15 is 0 Å². The molecule has 2 aromatic heterocycles. The van der Waals surface area contributed by atoms with Crippen molar-refractivity contribution in [1.82, 2.24) is 15.0 Å². The Morgan fingerprint density at radius 3 is 2.63 bits per heavy atom. The van der Waals surface area contributed by atoms with Gasteiger partial charge in [-0.3, -0.25) is 4.98 Å². The molecule has 0 aliphatic heterocycles. The van der Waals surface area contributed by atoms with Crippen LogP contribution in [0.1, 0.15) is 5.56 Å². The minimum atomic E-state index is -0.401. The number of benzene rings is 1. The molecule has 0 atom stereocenters. The maximum absolute atomic E-state index is 11.7. The van der Waals surface area contributed by atoms with Gasteiger partial charge in [0.25, 0.3) is 10.8 Å². The number of aromatic nitrogens is 4. The summed E-state index contributed by atoms with van der Waals surface area (Å²) in [5.74, 6) is 0.730. The third kappa shape index (κ3) is 2.45. The van der Waals surface area contributed by atoms with Crippen LogP contribution in [0, 0.1) is 0 Å². The van der Waals surface area contributed by atoms with Crippen molar-refractivity contribution < 1.29 is 4.98 Å². The number of imidazole rings is 1. The fraction of sp³-hybridized carbons (Fsp3) is 0.0833. The number of thioether (sulfide) groups is 1. The summed E-state index contributed by atoms with van der Waals surface area (Å²) in [7, 11) is 0. The minimum absolute atomic E-state index is 0.231. The van der Waals surface area contributed by atoms with Gasteiger partial charge in [-0.25, -0.2) is 24.5 Å². The lowest BCUT2D eigenvalue weighted by molar-refractivity contribution is -0.405. The van der Waals surface area contributed by atoms with E-state index in [1.54, 1.807) is 0 Å². The van der Waals surface area contributed by atoms with E-state index in [0.29, 0.717) is 10.8 Å². The lowest BCUT2D eigenvalue weighted by Crippen LogP contribution is -2.20. The first-order valence-corrected chi connectivity index (χ1v) is 6.65. The average Bonchev–Trinajstić information content (AvgIpc) is 2.79. The predicted molar refractivity (Wildman–Crippen MR) is 72.1 cm³/mol. The molecule has 0 aliphatic rings. The first kappa shape index (κ1) is 11.8. The Labute approximate surface area is 111 Å². The topological polar surface area (TPSA) is 95.7 Å². The lowest BCUT2D eigenvalue weighted by atomic mass is 10.2. The number of hydrogen-bond acceptors (Lipinski definition) is 3. The van der Waals surface area contributed by atoms with E-state index in [0.717, 1.165) is 11.3 Å². The largest absolute Gasteiger partial charge is 0.382 e. The Hall–Kier alpha value is -2.28. The van der Waals surface area contributed by atoms with Gasteiger partial charge in [0, 0.05) is 5.75 Å². The van der Waals surface area contributed by atoms with Crippen LogP contribution in [-0.4, -0.2) is 15.0 Å². The highest BCUT2D eigenvalue weighted by Gasteiger charge is 2.12. The average molecular weight is 275 g/mol. The van der Waals surface area contributed by atoms with Gasteiger partial charge in [-0.05, 0) is 5.56 Å². The fourth-order valence-electron chi connectivity index (χ4n) is 1.76. The summed E-state index contributed by atoms with van der Waals surface area (Å²) in [6.45, 7) is 0. The zero-order valence-corrected chi connectivity index (χ0v) is 10.6. The quantitative estimate of drug-likeness (QED) is 0.484. The van der Waals surface area contributed by atoms with Crippen LogP contribution in [0.4, 0.5) is 0 Å². The van der Waals surface area contributed by atoms with Crippen LogP contribution in [0.3, 0.4) is 0 Å². The van der Waals surface area contributed by atoms with Crippen molar-refractivity contribution in [3.63, 3.8) is 0 Å². The van der Waals surface area contributed by atoms with Gasteiger partial charge in [0.15, 0.2) is 5.52 Å². The Kier molecular flexibility index (Phi) is 2.96. The molecule has 0 unspecified atom stereocenters. The molecule has 2 heterocycles. The highest BCUT2D eigenvalue weighted by molar-refractivity contribution is 7.98. The molecule has 0 saturated carbocycles. The Bertz CT molecular complexity index is 819. The Morgan fingerprint density at radius 2 is 1.84 bits per heavy atom. The molecule has 0 fully saturated rings. The van der Waals surface area contributed by atoms with Crippen LogP contribution in [0.5, 0.6) is 0 Å². The second kappa shape index (κ2) is 4.77. The second-order valence-electron chi connectivity index (χ2n) is 4.01. The predicted octanol–water partition coefficient (Wildman–Crippen LogP) is 0.651. The number of rotatable bonds is 3. The van der Waals surface area contributed by atoms with Crippen LogP contribution in [0.2, 0.25) is 0 Å². The normalized spacial score (nSPS) is 10.9. The molecular weight excluding hydrogens is 264 g/mol. The molecule has 6 nitrogen and oxygen atoms in total. The molecular formula is C12H11N4O2S+. The summed E-state index contributed by atoms with van der Waals surface area (Å²) in [6, 6.07) is 9.92. The van der Waals surface area contributed by atoms with E-state index in [-0.39, 0.29) is 11.1 Å². The van der Waals surface area contributed by atoms with Gasteiger partial charge in [0.1, 0.15) is 0 Å². The summed E-state index contributed by atoms with van der Waals surface area (Å²) >= 11 is 1.46. The maximum Gasteiger partial charge on any atom is 0.382 e. The third-order valence-electron chi connectivity index (χ3n) is 2.65. The summed E-state index contributed by atoms with van der Waals surface area (Å²) in [5, 5.41) is 0.608. The first-order valence-electron chi connectivity index (χ1n) is 5.67. The SMILES string of the molecule is O=c1[nH]c2[nH+]c(SCc3ccccc3)[nH]c(=O)c2[nH]1. The van der Waals surface area contributed by atoms with E-state index in [1.807, 2.05) is 30.3 Å². The first-order chi connectivity index (χ1) is 9.22. The standard InChI is InChI=1S/C12H10N4O2S/c17-10-8-9(14-11(18)13-8)15-12(16-10)19-6-7-4-2-1-3-5-7/h1-5H,6H2,(H3,13,14,15,16,17,18)/p+1. The smallest absolute Gasteiger partial charge is 0.283 e. The number of H-pyrrole nitrogens is 4. The molecule has 4 N–H and O–H groups in total. The van der Waals surface area contributed by atoms with Crippen LogP contribution in [-0.2, 0) is 5.75 Å². The second-order valence-corrected chi connectivity index (χ2v) is 5.00. The molecule has 19 heavy (non-hydrogen) atoms. The van der Waals surface area contributed by atoms with Gasteiger partial charge in [0.05, 0.1) is 0 Å². The highest BCUT2D eigenvalue weighted by atomic mass is 32.2. The molecule has 0 spiro atoms. The number of fused-ring (bicyclic) bond motifs is 1.